The summed E-state index contributed by atoms with van der Waals surface area (Å²) < 4.78 is 33.7. The zero-order valence-electron chi connectivity index (χ0n) is 18.8. The molecule has 0 saturated carbocycles. The normalized spacial score (nSPS) is 20.1. The zero-order valence-corrected chi connectivity index (χ0v) is 19.6. The van der Waals surface area contributed by atoms with Gasteiger partial charge in [0.2, 0.25) is 0 Å². The third-order valence-electron chi connectivity index (χ3n) is 6.29. The number of nitrogens with zero attached hydrogens (tertiary/aromatic N) is 1. The lowest BCUT2D eigenvalue weighted by Gasteiger charge is -2.30. The van der Waals surface area contributed by atoms with Gasteiger partial charge < -0.3 is 15.0 Å². The number of amides is 1. The third-order valence-corrected chi connectivity index (χ3v) is 6.83. The molecular formula is C24H30N2O5S. The molecule has 1 aliphatic heterocycles. The molecule has 1 unspecified atom stereocenters. The average molecular weight is 459 g/mol. The van der Waals surface area contributed by atoms with Crippen molar-refractivity contribution in [2.75, 3.05) is 38.8 Å². The van der Waals surface area contributed by atoms with Crippen LogP contribution in [0.4, 0.5) is 5.69 Å². The van der Waals surface area contributed by atoms with Crippen LogP contribution in [0.25, 0.3) is 0 Å². The summed E-state index contributed by atoms with van der Waals surface area (Å²) in [6.45, 7) is 1.82. The second kappa shape index (κ2) is 9.21. The van der Waals surface area contributed by atoms with Crippen LogP contribution < -0.4 is 10.1 Å². The Labute approximate surface area is 189 Å². The van der Waals surface area contributed by atoms with E-state index < -0.39 is 22.1 Å². The molecule has 1 heterocycles. The summed E-state index contributed by atoms with van der Waals surface area (Å²) in [5, 5.41) is 2.69. The number of ether oxygens (including phenoxy) is 1. The predicted molar refractivity (Wildman–Crippen MR) is 124 cm³/mol. The smallest absolute Gasteiger partial charge is 0.265 e. The average Bonchev–Trinajstić information content (AvgIpc) is 3.05. The molecule has 4 rings (SSSR count). The molecule has 0 bridgehead atoms. The van der Waals surface area contributed by atoms with E-state index in [-0.39, 0.29) is 0 Å². The van der Waals surface area contributed by atoms with Crippen LogP contribution in [-0.4, -0.2) is 52.7 Å². The lowest BCUT2D eigenvalue weighted by Crippen LogP contribution is -2.28. The highest BCUT2D eigenvalue weighted by molar-refractivity contribution is 7.86. The van der Waals surface area contributed by atoms with Gasteiger partial charge in [-0.2, -0.15) is 8.42 Å². The number of likely N-dealkylation sites (N-methyl/N-ethyl adjacent to an activating group) is 1. The number of nitrogens with one attached hydrogen (secondary N) is 1. The molecule has 0 aromatic heterocycles. The highest BCUT2D eigenvalue weighted by Crippen LogP contribution is 2.37. The Kier molecular flexibility index (Phi) is 6.55. The van der Waals surface area contributed by atoms with Crippen LogP contribution in [0.5, 0.6) is 5.75 Å². The van der Waals surface area contributed by atoms with Gasteiger partial charge in [-0.3, -0.25) is 8.98 Å². The molecule has 1 N–H and O–H groups in total. The van der Waals surface area contributed by atoms with E-state index >= 15 is 0 Å². The lowest BCUT2D eigenvalue weighted by atomic mass is 9.82. The first-order valence-corrected chi connectivity index (χ1v) is 12.7. The molecule has 2 aromatic carbocycles. The molecule has 7 nitrogen and oxygen atoms in total. The molecule has 0 fully saturated rings. The van der Waals surface area contributed by atoms with E-state index in [9.17, 15) is 13.2 Å². The van der Waals surface area contributed by atoms with Crippen LogP contribution in [0.3, 0.4) is 0 Å². The van der Waals surface area contributed by atoms with Gasteiger partial charge in [-0.05, 0) is 67.5 Å². The predicted octanol–water partition coefficient (Wildman–Crippen LogP) is 3.26. The van der Waals surface area contributed by atoms with E-state index in [0.717, 1.165) is 43.5 Å². The summed E-state index contributed by atoms with van der Waals surface area (Å²) in [5.74, 6) is 1.02. The Bertz CT molecular complexity index is 1120. The van der Waals surface area contributed by atoms with Gasteiger partial charge in [-0.25, -0.2) is 0 Å². The van der Waals surface area contributed by atoms with Gasteiger partial charge in [-0.1, -0.05) is 24.3 Å². The van der Waals surface area contributed by atoms with E-state index in [4.69, 9.17) is 8.92 Å². The fourth-order valence-electron chi connectivity index (χ4n) is 4.79. The number of hydrogen-bond acceptors (Lipinski definition) is 6. The number of rotatable bonds is 8. The van der Waals surface area contributed by atoms with Gasteiger partial charge in [0.1, 0.15) is 5.75 Å². The number of benzene rings is 2. The first kappa shape index (κ1) is 22.8. The number of fused-ring (bicyclic) bond motifs is 2. The molecule has 2 aromatic rings. The Morgan fingerprint density at radius 1 is 1.19 bits per heavy atom. The summed E-state index contributed by atoms with van der Waals surface area (Å²) in [6.07, 6.45) is 4.03. The van der Waals surface area contributed by atoms with Gasteiger partial charge >= 0.3 is 0 Å². The molecule has 1 aliphatic carbocycles. The standard InChI is InChI=1S/C24H30N2O5S/c1-26(15-17-6-4-8-19-18(17)7-5-9-22(19)30-2)13-12-16-10-11-21-20(14-16)23(24(27)25-21)31-32(3,28)29/h5,7,9-11,14,17,23H,4,6,8,12-13,15H2,1-3H3,(H,25,27)/t17-,23?/m0/s1. The van der Waals surface area contributed by atoms with Crippen molar-refractivity contribution in [1.82, 2.24) is 4.90 Å². The van der Waals surface area contributed by atoms with Crippen molar-refractivity contribution in [1.29, 1.82) is 0 Å². The van der Waals surface area contributed by atoms with Gasteiger partial charge in [-0.15, -0.1) is 0 Å². The van der Waals surface area contributed by atoms with Crippen molar-refractivity contribution in [3.8, 4) is 5.75 Å². The second-order valence-electron chi connectivity index (χ2n) is 8.72. The topological polar surface area (TPSA) is 84.9 Å². The molecule has 1 amide bonds. The molecule has 8 heteroatoms. The van der Waals surface area contributed by atoms with Gasteiger partial charge in [0.25, 0.3) is 16.0 Å². The number of hydrogen-bond donors (Lipinski definition) is 1. The molecule has 2 atom stereocenters. The molecule has 2 aliphatic rings. The van der Waals surface area contributed by atoms with Crippen molar-refractivity contribution >= 4 is 21.7 Å². The van der Waals surface area contributed by atoms with Crippen molar-refractivity contribution < 1.29 is 22.1 Å². The van der Waals surface area contributed by atoms with Crippen LogP contribution >= 0.6 is 0 Å². The third kappa shape index (κ3) is 4.98. The summed E-state index contributed by atoms with van der Waals surface area (Å²) >= 11 is 0. The summed E-state index contributed by atoms with van der Waals surface area (Å²) in [5.41, 5.74) is 4.96. The van der Waals surface area contributed by atoms with Crippen molar-refractivity contribution in [3.05, 3.63) is 58.7 Å². The Balaban J connectivity index is 1.41. The highest BCUT2D eigenvalue weighted by Gasteiger charge is 2.34. The van der Waals surface area contributed by atoms with Crippen molar-refractivity contribution in [3.63, 3.8) is 0 Å². The SMILES string of the molecule is COc1cccc2c1CCC[C@H]2CN(C)CCc1ccc2c(c1)C(OS(C)(=O)=O)C(=O)N2. The highest BCUT2D eigenvalue weighted by atomic mass is 32.2. The summed E-state index contributed by atoms with van der Waals surface area (Å²) in [4.78, 5) is 14.5. The van der Waals surface area contributed by atoms with Crippen LogP contribution in [0.2, 0.25) is 0 Å². The molecule has 0 radical (unpaired) electrons. The molecular weight excluding hydrogens is 428 g/mol. The fraction of sp³-hybridized carbons (Fsp3) is 0.458. The number of carbonyl (C=O) groups excluding carboxylic acids is 1. The Morgan fingerprint density at radius 3 is 2.75 bits per heavy atom. The maximum absolute atomic E-state index is 12.1. The molecule has 0 saturated heterocycles. The monoisotopic (exact) mass is 458 g/mol. The van der Waals surface area contributed by atoms with E-state index in [1.54, 1.807) is 7.11 Å². The van der Waals surface area contributed by atoms with Crippen LogP contribution in [0.1, 0.15) is 47.1 Å². The molecule has 0 spiro atoms. The van der Waals surface area contributed by atoms with E-state index in [1.165, 1.54) is 24.0 Å². The minimum absolute atomic E-state index is 0.453. The van der Waals surface area contributed by atoms with Gasteiger partial charge in [0.05, 0.1) is 13.4 Å². The maximum atomic E-state index is 12.1. The minimum Gasteiger partial charge on any atom is -0.496 e. The van der Waals surface area contributed by atoms with E-state index in [2.05, 4.69) is 29.4 Å². The minimum atomic E-state index is -3.75. The molecule has 172 valence electrons. The maximum Gasteiger partial charge on any atom is 0.265 e. The quantitative estimate of drug-likeness (QED) is 0.612. The number of methoxy groups -OCH3 is 1. The Hall–Kier alpha value is -2.42. The summed E-state index contributed by atoms with van der Waals surface area (Å²) in [6, 6.07) is 12.0. The van der Waals surface area contributed by atoms with Crippen LogP contribution in [0, 0.1) is 0 Å². The van der Waals surface area contributed by atoms with Crippen LogP contribution in [-0.2, 0) is 31.9 Å². The largest absolute Gasteiger partial charge is 0.496 e. The number of carbonyl (C=O) groups is 1. The zero-order chi connectivity index (χ0) is 22.9. The van der Waals surface area contributed by atoms with Gasteiger partial charge in [0.15, 0.2) is 6.10 Å². The van der Waals surface area contributed by atoms with E-state index in [1.807, 2.05) is 24.3 Å². The Morgan fingerprint density at radius 2 is 2.00 bits per heavy atom. The second-order valence-corrected chi connectivity index (χ2v) is 10.3. The van der Waals surface area contributed by atoms with Crippen LogP contribution in [0.15, 0.2) is 36.4 Å². The molecule has 32 heavy (non-hydrogen) atoms. The van der Waals surface area contributed by atoms with Crippen molar-refractivity contribution in [2.45, 2.75) is 37.7 Å². The summed E-state index contributed by atoms with van der Waals surface area (Å²) in [7, 11) is 0.114. The first-order valence-electron chi connectivity index (χ1n) is 10.9. The lowest BCUT2D eigenvalue weighted by molar-refractivity contribution is -0.122. The first-order chi connectivity index (χ1) is 15.2. The number of anilines is 1. The van der Waals surface area contributed by atoms with Crippen molar-refractivity contribution in [2.24, 2.45) is 0 Å². The van der Waals surface area contributed by atoms with Gasteiger partial charge in [0, 0.05) is 24.3 Å². The fourth-order valence-corrected chi connectivity index (χ4v) is 5.33. The van der Waals surface area contributed by atoms with E-state index in [0.29, 0.717) is 17.2 Å².